The van der Waals surface area contributed by atoms with Gasteiger partial charge in [0, 0.05) is 24.5 Å². The highest BCUT2D eigenvalue weighted by atomic mass is 16.3. The van der Waals surface area contributed by atoms with Crippen LogP contribution in [0.5, 0.6) is 0 Å². The Bertz CT molecular complexity index is 584. The topological polar surface area (TPSA) is 52.6 Å². The number of amides is 2. The van der Waals surface area contributed by atoms with E-state index in [2.05, 4.69) is 29.6 Å². The van der Waals surface area contributed by atoms with Crippen LogP contribution in [0.15, 0.2) is 24.3 Å². The second-order valence-electron chi connectivity index (χ2n) is 7.05. The predicted octanol–water partition coefficient (Wildman–Crippen LogP) is 2.06. The normalized spacial score (nSPS) is 28.5. The third-order valence-corrected chi connectivity index (χ3v) is 5.72. The summed E-state index contributed by atoms with van der Waals surface area (Å²) in [7, 11) is 0. The molecule has 0 aliphatic heterocycles. The number of aryl methyl sites for hydroxylation is 1. The van der Waals surface area contributed by atoms with Crippen LogP contribution in [0.2, 0.25) is 0 Å². The van der Waals surface area contributed by atoms with Crippen molar-refractivity contribution in [2.24, 2.45) is 5.92 Å². The van der Waals surface area contributed by atoms with Crippen molar-refractivity contribution in [3.63, 3.8) is 0 Å². The van der Waals surface area contributed by atoms with Gasteiger partial charge in [0.05, 0.1) is 6.61 Å². The number of fused-ring (bicyclic) bond motifs is 2. The van der Waals surface area contributed by atoms with E-state index >= 15 is 0 Å². The zero-order chi connectivity index (χ0) is 15.2. The molecular formula is C18H24N2O2. The summed E-state index contributed by atoms with van der Waals surface area (Å²) in [5.41, 5.74) is 3.35. The number of nitrogens with one attached hydrogen (secondary N) is 1. The molecule has 4 nitrogen and oxygen atoms in total. The highest BCUT2D eigenvalue weighted by Gasteiger charge is 2.57. The summed E-state index contributed by atoms with van der Waals surface area (Å²) < 4.78 is 0. The van der Waals surface area contributed by atoms with Crippen LogP contribution in [0.25, 0.3) is 0 Å². The Labute approximate surface area is 131 Å². The maximum Gasteiger partial charge on any atom is 0.317 e. The van der Waals surface area contributed by atoms with Crippen LogP contribution >= 0.6 is 0 Å². The molecule has 1 aromatic rings. The number of urea groups is 1. The van der Waals surface area contributed by atoms with Gasteiger partial charge in [-0.05, 0) is 49.1 Å². The second-order valence-corrected chi connectivity index (χ2v) is 7.05. The molecule has 2 amide bonds. The van der Waals surface area contributed by atoms with Gasteiger partial charge in [-0.1, -0.05) is 24.3 Å². The van der Waals surface area contributed by atoms with Gasteiger partial charge in [0.2, 0.25) is 0 Å². The van der Waals surface area contributed by atoms with Gasteiger partial charge in [-0.15, -0.1) is 0 Å². The number of benzene rings is 1. The molecule has 4 rings (SSSR count). The third kappa shape index (κ3) is 2.30. The van der Waals surface area contributed by atoms with Gasteiger partial charge in [0.1, 0.15) is 0 Å². The van der Waals surface area contributed by atoms with E-state index < -0.39 is 0 Å². The second kappa shape index (κ2) is 5.27. The van der Waals surface area contributed by atoms with Crippen molar-refractivity contribution in [1.29, 1.82) is 0 Å². The first-order chi connectivity index (χ1) is 10.7. The van der Waals surface area contributed by atoms with Crippen molar-refractivity contribution in [2.75, 3.05) is 19.7 Å². The van der Waals surface area contributed by atoms with E-state index in [-0.39, 0.29) is 12.6 Å². The summed E-state index contributed by atoms with van der Waals surface area (Å²) in [6, 6.07) is 9.13. The zero-order valence-corrected chi connectivity index (χ0v) is 12.9. The Hall–Kier alpha value is -1.55. The molecule has 2 fully saturated rings. The van der Waals surface area contributed by atoms with E-state index in [1.807, 2.05) is 0 Å². The SMILES string of the molecule is O=C(NC[C@@H]1C[C@@]12CCc1ccccc12)N(CCO)C1CC1. The summed E-state index contributed by atoms with van der Waals surface area (Å²) in [4.78, 5) is 14.1. The fourth-order valence-electron chi connectivity index (χ4n) is 4.26. The average Bonchev–Trinajstić information content (AvgIpc) is 3.43. The molecule has 1 spiro atoms. The maximum atomic E-state index is 12.3. The van der Waals surface area contributed by atoms with Crippen molar-refractivity contribution in [3.05, 3.63) is 35.4 Å². The maximum absolute atomic E-state index is 12.3. The standard InChI is InChI=1S/C18H24N2O2/c21-10-9-20(15-5-6-15)17(22)19-12-14-11-18(14)8-7-13-3-1-2-4-16(13)18/h1-4,14-15,21H,5-12H2,(H,19,22)/t14-,18-/m0/s1. The fourth-order valence-corrected chi connectivity index (χ4v) is 4.26. The quantitative estimate of drug-likeness (QED) is 0.874. The minimum absolute atomic E-state index is 0.00452. The van der Waals surface area contributed by atoms with Gasteiger partial charge < -0.3 is 15.3 Å². The Morgan fingerprint density at radius 2 is 2.18 bits per heavy atom. The lowest BCUT2D eigenvalue weighted by molar-refractivity contribution is 0.173. The average molecular weight is 300 g/mol. The first kappa shape index (κ1) is 14.1. The number of carbonyl (C=O) groups excluding carboxylic acids is 1. The molecule has 3 aliphatic rings. The van der Waals surface area contributed by atoms with Crippen LogP contribution in [0.1, 0.15) is 36.8 Å². The summed E-state index contributed by atoms with van der Waals surface area (Å²) in [5.74, 6) is 0.579. The molecular weight excluding hydrogens is 276 g/mol. The summed E-state index contributed by atoms with van der Waals surface area (Å²) in [6.45, 7) is 1.27. The molecule has 2 atom stereocenters. The Balaban J connectivity index is 1.35. The molecule has 0 unspecified atom stereocenters. The minimum Gasteiger partial charge on any atom is -0.395 e. The van der Waals surface area contributed by atoms with Crippen molar-refractivity contribution >= 4 is 6.03 Å². The minimum atomic E-state index is 0.00452. The molecule has 3 aliphatic carbocycles. The molecule has 0 bridgehead atoms. The highest BCUT2D eigenvalue weighted by Crippen LogP contribution is 2.61. The first-order valence-electron chi connectivity index (χ1n) is 8.48. The van der Waals surface area contributed by atoms with Gasteiger partial charge in [0.15, 0.2) is 0 Å². The smallest absolute Gasteiger partial charge is 0.317 e. The molecule has 0 saturated heterocycles. The molecule has 1 aromatic carbocycles. The van der Waals surface area contributed by atoms with Crippen molar-refractivity contribution in [3.8, 4) is 0 Å². The van der Waals surface area contributed by atoms with Crippen LogP contribution in [-0.2, 0) is 11.8 Å². The zero-order valence-electron chi connectivity index (χ0n) is 12.9. The van der Waals surface area contributed by atoms with Crippen molar-refractivity contribution < 1.29 is 9.90 Å². The molecule has 118 valence electrons. The lowest BCUT2D eigenvalue weighted by atomic mass is 9.95. The van der Waals surface area contributed by atoms with E-state index in [4.69, 9.17) is 5.11 Å². The number of rotatable bonds is 5. The van der Waals surface area contributed by atoms with E-state index in [1.165, 1.54) is 30.4 Å². The van der Waals surface area contributed by atoms with Crippen LogP contribution in [0, 0.1) is 5.92 Å². The summed E-state index contributed by atoms with van der Waals surface area (Å²) in [5, 5.41) is 12.2. The van der Waals surface area contributed by atoms with Gasteiger partial charge in [-0.25, -0.2) is 4.79 Å². The molecule has 4 heteroatoms. The molecule has 0 radical (unpaired) electrons. The molecule has 22 heavy (non-hydrogen) atoms. The van der Waals surface area contributed by atoms with Crippen LogP contribution in [0.3, 0.4) is 0 Å². The predicted molar refractivity (Wildman–Crippen MR) is 84.8 cm³/mol. The lowest BCUT2D eigenvalue weighted by Gasteiger charge is -2.22. The Kier molecular flexibility index (Phi) is 3.37. The molecule has 2 N–H and O–H groups in total. The van der Waals surface area contributed by atoms with Crippen molar-refractivity contribution in [2.45, 2.75) is 43.6 Å². The van der Waals surface area contributed by atoms with Gasteiger partial charge in [-0.3, -0.25) is 0 Å². The number of carbonyl (C=O) groups is 1. The third-order valence-electron chi connectivity index (χ3n) is 5.72. The number of hydrogen-bond acceptors (Lipinski definition) is 2. The lowest BCUT2D eigenvalue weighted by Crippen LogP contribution is -2.43. The van der Waals surface area contributed by atoms with Gasteiger partial charge in [0.25, 0.3) is 0 Å². The van der Waals surface area contributed by atoms with Crippen molar-refractivity contribution in [1.82, 2.24) is 10.2 Å². The van der Waals surface area contributed by atoms with Gasteiger partial charge in [-0.2, -0.15) is 0 Å². The Morgan fingerprint density at radius 1 is 1.36 bits per heavy atom. The van der Waals surface area contributed by atoms with Crippen LogP contribution in [-0.4, -0.2) is 41.8 Å². The van der Waals surface area contributed by atoms with E-state index in [0.717, 1.165) is 19.4 Å². The molecule has 0 aromatic heterocycles. The largest absolute Gasteiger partial charge is 0.395 e. The molecule has 0 heterocycles. The van der Waals surface area contributed by atoms with Gasteiger partial charge >= 0.3 is 6.03 Å². The number of aliphatic hydroxyl groups excluding tert-OH is 1. The van der Waals surface area contributed by atoms with E-state index in [9.17, 15) is 4.79 Å². The summed E-state index contributed by atoms with van der Waals surface area (Å²) in [6.07, 6.45) is 5.77. The Morgan fingerprint density at radius 3 is 2.95 bits per heavy atom. The first-order valence-corrected chi connectivity index (χ1v) is 8.48. The number of aliphatic hydroxyl groups is 1. The van der Waals surface area contributed by atoms with E-state index in [0.29, 0.717) is 23.9 Å². The van der Waals surface area contributed by atoms with E-state index in [1.54, 1.807) is 4.90 Å². The summed E-state index contributed by atoms with van der Waals surface area (Å²) >= 11 is 0. The monoisotopic (exact) mass is 300 g/mol. The highest BCUT2D eigenvalue weighted by molar-refractivity contribution is 5.75. The molecule has 2 saturated carbocycles. The fraction of sp³-hybridized carbons (Fsp3) is 0.611. The number of nitrogens with zero attached hydrogens (tertiary/aromatic N) is 1. The van der Waals surface area contributed by atoms with Crippen LogP contribution in [0.4, 0.5) is 4.79 Å². The number of hydrogen-bond donors (Lipinski definition) is 2. The van der Waals surface area contributed by atoms with Crippen LogP contribution < -0.4 is 5.32 Å².